The van der Waals surface area contributed by atoms with Crippen LogP contribution in [0.1, 0.15) is 18.9 Å². The Morgan fingerprint density at radius 1 is 1.50 bits per heavy atom. The second kappa shape index (κ2) is 4.47. The highest BCUT2D eigenvalue weighted by molar-refractivity contribution is 5.28. The maximum Gasteiger partial charge on any atom is 0.119 e. The molecule has 1 aromatic carbocycles. The van der Waals surface area contributed by atoms with E-state index < -0.39 is 0 Å². The van der Waals surface area contributed by atoms with E-state index in [1.807, 2.05) is 12.1 Å². The Morgan fingerprint density at radius 3 is 3.00 bits per heavy atom. The van der Waals surface area contributed by atoms with Crippen molar-refractivity contribution in [2.45, 2.75) is 25.9 Å². The van der Waals surface area contributed by atoms with Crippen molar-refractivity contribution in [3.05, 3.63) is 29.8 Å². The van der Waals surface area contributed by atoms with Crippen LogP contribution in [0.2, 0.25) is 0 Å². The number of hydrogen-bond donors (Lipinski definition) is 0. The van der Waals surface area contributed by atoms with Crippen LogP contribution in [0, 0.1) is 0 Å². The van der Waals surface area contributed by atoms with Crippen LogP contribution in [0.25, 0.3) is 0 Å². The molecule has 0 saturated carbocycles. The molecule has 0 N–H and O–H groups in total. The van der Waals surface area contributed by atoms with E-state index in [9.17, 15) is 0 Å². The summed E-state index contributed by atoms with van der Waals surface area (Å²) in [4.78, 5) is 0. The Labute approximate surface area is 84.8 Å². The molecule has 1 atom stereocenters. The summed E-state index contributed by atoms with van der Waals surface area (Å²) in [6, 6.07) is 8.25. The van der Waals surface area contributed by atoms with E-state index in [0.29, 0.717) is 12.7 Å². The first-order chi connectivity index (χ1) is 6.88. The van der Waals surface area contributed by atoms with Gasteiger partial charge in [0.25, 0.3) is 0 Å². The van der Waals surface area contributed by atoms with E-state index in [0.717, 1.165) is 25.2 Å². The van der Waals surface area contributed by atoms with Crippen LogP contribution < -0.4 is 4.74 Å². The summed E-state index contributed by atoms with van der Waals surface area (Å²) >= 11 is 0. The SMILES string of the molecule is CCc1cccc(OCC2CCO2)c1. The highest BCUT2D eigenvalue weighted by Crippen LogP contribution is 2.17. The van der Waals surface area contributed by atoms with E-state index in [-0.39, 0.29) is 0 Å². The fraction of sp³-hybridized carbons (Fsp3) is 0.500. The zero-order valence-corrected chi connectivity index (χ0v) is 8.53. The second-order valence-electron chi connectivity index (χ2n) is 3.59. The van der Waals surface area contributed by atoms with Crippen LogP contribution in [0.15, 0.2) is 24.3 Å². The minimum atomic E-state index is 0.320. The van der Waals surface area contributed by atoms with Crippen molar-refractivity contribution in [1.82, 2.24) is 0 Å². The Morgan fingerprint density at radius 2 is 2.36 bits per heavy atom. The summed E-state index contributed by atoms with van der Waals surface area (Å²) in [5, 5.41) is 0. The van der Waals surface area contributed by atoms with Gasteiger partial charge in [-0.25, -0.2) is 0 Å². The largest absolute Gasteiger partial charge is 0.491 e. The molecule has 0 amide bonds. The fourth-order valence-corrected chi connectivity index (χ4v) is 1.46. The topological polar surface area (TPSA) is 18.5 Å². The van der Waals surface area contributed by atoms with Gasteiger partial charge in [-0.05, 0) is 24.1 Å². The summed E-state index contributed by atoms with van der Waals surface area (Å²) in [7, 11) is 0. The molecule has 1 heterocycles. The minimum absolute atomic E-state index is 0.320. The Hall–Kier alpha value is -1.02. The normalized spacial score (nSPS) is 20.2. The first kappa shape index (κ1) is 9.53. The van der Waals surface area contributed by atoms with Gasteiger partial charge >= 0.3 is 0 Å². The maximum atomic E-state index is 5.63. The number of ether oxygens (including phenoxy) is 2. The van der Waals surface area contributed by atoms with Crippen molar-refractivity contribution >= 4 is 0 Å². The average Bonchev–Trinajstić information content (AvgIpc) is 2.16. The fourth-order valence-electron chi connectivity index (χ4n) is 1.46. The van der Waals surface area contributed by atoms with Gasteiger partial charge in [0.2, 0.25) is 0 Å². The molecule has 1 unspecified atom stereocenters. The molecule has 2 rings (SSSR count). The first-order valence-electron chi connectivity index (χ1n) is 5.22. The van der Waals surface area contributed by atoms with Gasteiger partial charge in [-0.15, -0.1) is 0 Å². The van der Waals surface area contributed by atoms with Crippen molar-refractivity contribution in [3.8, 4) is 5.75 Å². The van der Waals surface area contributed by atoms with Crippen LogP contribution >= 0.6 is 0 Å². The highest BCUT2D eigenvalue weighted by atomic mass is 16.5. The number of rotatable bonds is 4. The molecule has 1 fully saturated rings. The van der Waals surface area contributed by atoms with Gasteiger partial charge in [0, 0.05) is 13.0 Å². The third-order valence-electron chi connectivity index (χ3n) is 2.54. The molecule has 76 valence electrons. The summed E-state index contributed by atoms with van der Waals surface area (Å²) in [5.74, 6) is 0.958. The molecule has 2 heteroatoms. The van der Waals surface area contributed by atoms with E-state index in [1.54, 1.807) is 0 Å². The van der Waals surface area contributed by atoms with Crippen LogP contribution in [0.5, 0.6) is 5.75 Å². The standard InChI is InChI=1S/C12H16O2/c1-2-10-4-3-5-11(8-10)14-9-12-6-7-13-12/h3-5,8,12H,2,6-7,9H2,1H3. The third kappa shape index (κ3) is 2.26. The molecule has 1 saturated heterocycles. The van der Waals surface area contributed by atoms with E-state index in [2.05, 4.69) is 19.1 Å². The lowest BCUT2D eigenvalue weighted by molar-refractivity contribution is -0.0720. The van der Waals surface area contributed by atoms with E-state index in [4.69, 9.17) is 9.47 Å². The zero-order valence-electron chi connectivity index (χ0n) is 8.53. The van der Waals surface area contributed by atoms with Gasteiger partial charge in [0.05, 0.1) is 6.10 Å². The highest BCUT2D eigenvalue weighted by Gasteiger charge is 2.18. The number of benzene rings is 1. The maximum absolute atomic E-state index is 5.63. The summed E-state index contributed by atoms with van der Waals surface area (Å²) in [6.07, 6.45) is 2.50. The number of hydrogen-bond acceptors (Lipinski definition) is 2. The molecule has 14 heavy (non-hydrogen) atoms. The van der Waals surface area contributed by atoms with Gasteiger partial charge in [-0.3, -0.25) is 0 Å². The Balaban J connectivity index is 1.87. The minimum Gasteiger partial charge on any atom is -0.491 e. The lowest BCUT2D eigenvalue weighted by Gasteiger charge is -2.26. The van der Waals surface area contributed by atoms with Crippen molar-refractivity contribution < 1.29 is 9.47 Å². The van der Waals surface area contributed by atoms with Crippen molar-refractivity contribution in [2.75, 3.05) is 13.2 Å². The Kier molecular flexibility index (Phi) is 3.04. The lowest BCUT2D eigenvalue weighted by Crippen LogP contribution is -2.32. The number of aryl methyl sites for hydroxylation is 1. The molecule has 0 aromatic heterocycles. The predicted molar refractivity (Wildman–Crippen MR) is 55.7 cm³/mol. The van der Waals surface area contributed by atoms with Crippen molar-refractivity contribution in [1.29, 1.82) is 0 Å². The lowest BCUT2D eigenvalue weighted by atomic mass is 10.1. The second-order valence-corrected chi connectivity index (χ2v) is 3.59. The molecule has 0 spiro atoms. The molecule has 1 aliphatic rings. The molecular formula is C12H16O2. The van der Waals surface area contributed by atoms with Crippen LogP contribution in [0.3, 0.4) is 0 Å². The monoisotopic (exact) mass is 192 g/mol. The molecule has 2 nitrogen and oxygen atoms in total. The van der Waals surface area contributed by atoms with Gasteiger partial charge in [0.15, 0.2) is 0 Å². The Bertz CT molecular complexity index is 292. The van der Waals surface area contributed by atoms with Crippen molar-refractivity contribution in [2.24, 2.45) is 0 Å². The van der Waals surface area contributed by atoms with Gasteiger partial charge in [0.1, 0.15) is 12.4 Å². The third-order valence-corrected chi connectivity index (χ3v) is 2.54. The summed E-state index contributed by atoms with van der Waals surface area (Å²) in [5.41, 5.74) is 1.32. The van der Waals surface area contributed by atoms with E-state index >= 15 is 0 Å². The smallest absolute Gasteiger partial charge is 0.119 e. The first-order valence-corrected chi connectivity index (χ1v) is 5.22. The average molecular weight is 192 g/mol. The van der Waals surface area contributed by atoms with Crippen LogP contribution in [-0.2, 0) is 11.2 Å². The predicted octanol–water partition coefficient (Wildman–Crippen LogP) is 2.42. The van der Waals surface area contributed by atoms with Gasteiger partial charge in [-0.1, -0.05) is 19.1 Å². The zero-order chi connectivity index (χ0) is 9.80. The quantitative estimate of drug-likeness (QED) is 0.729. The van der Waals surface area contributed by atoms with Crippen molar-refractivity contribution in [3.63, 3.8) is 0 Å². The molecule has 1 aromatic rings. The van der Waals surface area contributed by atoms with Gasteiger partial charge < -0.3 is 9.47 Å². The molecule has 0 radical (unpaired) electrons. The van der Waals surface area contributed by atoms with E-state index in [1.165, 1.54) is 5.56 Å². The molecule has 0 aliphatic carbocycles. The summed E-state index contributed by atoms with van der Waals surface area (Å²) in [6.45, 7) is 3.73. The van der Waals surface area contributed by atoms with Crippen LogP contribution in [-0.4, -0.2) is 19.3 Å². The molecule has 1 aliphatic heterocycles. The molecular weight excluding hydrogens is 176 g/mol. The van der Waals surface area contributed by atoms with Crippen LogP contribution in [0.4, 0.5) is 0 Å². The summed E-state index contributed by atoms with van der Waals surface area (Å²) < 4.78 is 10.9. The van der Waals surface area contributed by atoms with Gasteiger partial charge in [-0.2, -0.15) is 0 Å². The molecule has 0 bridgehead atoms.